The normalized spacial score (nSPS) is 19.4. The lowest BCUT2D eigenvalue weighted by Gasteiger charge is -2.14. The lowest BCUT2D eigenvalue weighted by molar-refractivity contribution is -0.144. The molecule has 3 nitrogen and oxygen atoms in total. The Balaban J connectivity index is 2.17. The van der Waals surface area contributed by atoms with Gasteiger partial charge in [-0.25, -0.2) is 4.79 Å². The molecule has 1 aromatic carbocycles. The number of ether oxygens (including phenoxy) is 2. The van der Waals surface area contributed by atoms with Crippen molar-refractivity contribution in [3.63, 3.8) is 0 Å². The second-order valence-electron chi connectivity index (χ2n) is 4.58. The van der Waals surface area contributed by atoms with Crippen molar-refractivity contribution in [1.29, 1.82) is 0 Å². The van der Waals surface area contributed by atoms with E-state index >= 15 is 0 Å². The summed E-state index contributed by atoms with van der Waals surface area (Å²) < 4.78 is 10.8. The second kappa shape index (κ2) is 4.88. The number of rotatable bonds is 2. The molecule has 0 saturated carbocycles. The van der Waals surface area contributed by atoms with Gasteiger partial charge < -0.3 is 9.47 Å². The first kappa shape index (κ1) is 12.1. The second-order valence-corrected chi connectivity index (χ2v) is 4.58. The van der Waals surface area contributed by atoms with Crippen LogP contribution in [0.25, 0.3) is 0 Å². The van der Waals surface area contributed by atoms with E-state index in [1.807, 2.05) is 32.9 Å². The summed E-state index contributed by atoms with van der Waals surface area (Å²) in [6, 6.07) is 4.01. The molecule has 1 heterocycles. The fraction of sp³-hybridized carbons (Fsp3) is 0.500. The summed E-state index contributed by atoms with van der Waals surface area (Å²) in [4.78, 5) is 11.9. The van der Waals surface area contributed by atoms with E-state index in [-0.39, 0.29) is 12.1 Å². The van der Waals surface area contributed by atoms with Gasteiger partial charge in [-0.15, -0.1) is 0 Å². The average Bonchev–Trinajstić information content (AvgIpc) is 2.83. The van der Waals surface area contributed by atoms with E-state index in [4.69, 9.17) is 9.47 Å². The summed E-state index contributed by atoms with van der Waals surface area (Å²) in [6.45, 7) is 6.59. The monoisotopic (exact) mass is 234 g/mol. The summed E-state index contributed by atoms with van der Waals surface area (Å²) in [7, 11) is 0. The van der Waals surface area contributed by atoms with Gasteiger partial charge in [-0.05, 0) is 50.3 Å². The molecule has 2 rings (SSSR count). The first-order valence-corrected chi connectivity index (χ1v) is 5.99. The zero-order valence-electron chi connectivity index (χ0n) is 10.6. The molecular weight excluding hydrogens is 216 g/mol. The zero-order valence-corrected chi connectivity index (χ0v) is 10.6. The van der Waals surface area contributed by atoms with Crippen LogP contribution in [0.2, 0.25) is 0 Å². The number of carbonyl (C=O) groups excluding carboxylic acids is 1. The van der Waals surface area contributed by atoms with Crippen molar-refractivity contribution < 1.29 is 14.3 Å². The average molecular weight is 234 g/mol. The molecule has 0 spiro atoms. The Morgan fingerprint density at radius 2 is 2.00 bits per heavy atom. The van der Waals surface area contributed by atoms with Crippen molar-refractivity contribution in [3.8, 4) is 5.75 Å². The van der Waals surface area contributed by atoms with Crippen LogP contribution in [0.5, 0.6) is 5.75 Å². The summed E-state index contributed by atoms with van der Waals surface area (Å²) in [5.74, 6) is 0.421. The Morgan fingerprint density at radius 1 is 1.29 bits per heavy atom. The van der Waals surface area contributed by atoms with Gasteiger partial charge in [-0.2, -0.15) is 0 Å². The Hall–Kier alpha value is -1.35. The number of carbonyl (C=O) groups is 1. The highest BCUT2D eigenvalue weighted by Gasteiger charge is 2.26. The Labute approximate surface area is 102 Å². The Kier molecular flexibility index (Phi) is 3.48. The summed E-state index contributed by atoms with van der Waals surface area (Å²) in [5, 5.41) is 0. The molecule has 1 unspecified atom stereocenters. The maximum absolute atomic E-state index is 11.9. The molecule has 0 aromatic heterocycles. The number of hydrogen-bond acceptors (Lipinski definition) is 3. The van der Waals surface area contributed by atoms with Crippen molar-refractivity contribution in [2.75, 3.05) is 6.61 Å². The zero-order chi connectivity index (χ0) is 12.4. The van der Waals surface area contributed by atoms with Gasteiger partial charge in [-0.1, -0.05) is 12.1 Å². The van der Waals surface area contributed by atoms with Crippen molar-refractivity contribution in [2.45, 2.75) is 39.7 Å². The van der Waals surface area contributed by atoms with Gasteiger partial charge >= 0.3 is 5.97 Å². The van der Waals surface area contributed by atoms with Crippen LogP contribution in [0.4, 0.5) is 0 Å². The predicted octanol–water partition coefficient (Wildman–Crippen LogP) is 2.70. The minimum atomic E-state index is -0.380. The molecule has 1 aliphatic heterocycles. The van der Waals surface area contributed by atoms with Gasteiger partial charge in [0, 0.05) is 6.61 Å². The van der Waals surface area contributed by atoms with Crippen molar-refractivity contribution in [2.24, 2.45) is 0 Å². The maximum atomic E-state index is 11.9. The van der Waals surface area contributed by atoms with Crippen LogP contribution >= 0.6 is 0 Å². The van der Waals surface area contributed by atoms with E-state index in [9.17, 15) is 4.79 Å². The first-order valence-electron chi connectivity index (χ1n) is 5.99. The van der Waals surface area contributed by atoms with E-state index in [1.165, 1.54) is 0 Å². The van der Waals surface area contributed by atoms with Crippen LogP contribution in [0.3, 0.4) is 0 Å². The van der Waals surface area contributed by atoms with Gasteiger partial charge in [-0.3, -0.25) is 0 Å². The summed E-state index contributed by atoms with van der Waals surface area (Å²) in [5.41, 5.74) is 3.14. The van der Waals surface area contributed by atoms with E-state index in [0.717, 1.165) is 29.5 Å². The van der Waals surface area contributed by atoms with Gasteiger partial charge in [0.2, 0.25) is 0 Å². The van der Waals surface area contributed by atoms with Crippen LogP contribution in [-0.4, -0.2) is 18.7 Å². The fourth-order valence-corrected chi connectivity index (χ4v) is 2.01. The van der Waals surface area contributed by atoms with Gasteiger partial charge in [0.15, 0.2) is 6.10 Å². The molecular formula is C14H18O3. The third-order valence-electron chi connectivity index (χ3n) is 3.27. The molecule has 1 aromatic rings. The summed E-state index contributed by atoms with van der Waals surface area (Å²) in [6.07, 6.45) is 1.32. The molecule has 17 heavy (non-hydrogen) atoms. The molecule has 0 bridgehead atoms. The SMILES string of the molecule is Cc1ccc(C)c(OC(=O)C2CCCO2)c1C. The molecule has 1 aliphatic rings. The van der Waals surface area contributed by atoms with Gasteiger partial charge in [0.1, 0.15) is 5.75 Å². The van der Waals surface area contributed by atoms with E-state index in [0.29, 0.717) is 12.4 Å². The van der Waals surface area contributed by atoms with E-state index in [1.54, 1.807) is 0 Å². The highest BCUT2D eigenvalue weighted by atomic mass is 16.6. The van der Waals surface area contributed by atoms with E-state index in [2.05, 4.69) is 0 Å². The Morgan fingerprint density at radius 3 is 2.65 bits per heavy atom. The van der Waals surface area contributed by atoms with Crippen molar-refractivity contribution >= 4 is 5.97 Å². The number of hydrogen-bond donors (Lipinski definition) is 0. The molecule has 0 amide bonds. The third-order valence-corrected chi connectivity index (χ3v) is 3.27. The highest BCUT2D eigenvalue weighted by Crippen LogP contribution is 2.27. The molecule has 3 heteroatoms. The van der Waals surface area contributed by atoms with Crippen LogP contribution in [0.15, 0.2) is 12.1 Å². The quantitative estimate of drug-likeness (QED) is 0.583. The first-order chi connectivity index (χ1) is 8.09. The fourth-order valence-electron chi connectivity index (χ4n) is 2.01. The van der Waals surface area contributed by atoms with Crippen LogP contribution in [0, 0.1) is 20.8 Å². The minimum absolute atomic E-state index is 0.265. The Bertz CT molecular complexity index is 431. The maximum Gasteiger partial charge on any atom is 0.340 e. The standard InChI is InChI=1S/C14H18O3/c1-9-6-7-10(2)13(11(9)3)17-14(15)12-5-4-8-16-12/h6-7,12H,4-5,8H2,1-3H3. The smallest absolute Gasteiger partial charge is 0.340 e. The van der Waals surface area contributed by atoms with E-state index < -0.39 is 0 Å². The topological polar surface area (TPSA) is 35.5 Å². The van der Waals surface area contributed by atoms with Crippen LogP contribution < -0.4 is 4.74 Å². The van der Waals surface area contributed by atoms with Gasteiger partial charge in [0.25, 0.3) is 0 Å². The molecule has 0 N–H and O–H groups in total. The number of benzene rings is 1. The van der Waals surface area contributed by atoms with Crippen LogP contribution in [0.1, 0.15) is 29.5 Å². The molecule has 92 valence electrons. The lowest BCUT2D eigenvalue weighted by Crippen LogP contribution is -2.25. The summed E-state index contributed by atoms with van der Waals surface area (Å²) >= 11 is 0. The largest absolute Gasteiger partial charge is 0.424 e. The lowest BCUT2D eigenvalue weighted by atomic mass is 10.1. The molecule has 1 fully saturated rings. The third kappa shape index (κ3) is 2.50. The molecule has 1 atom stereocenters. The van der Waals surface area contributed by atoms with Crippen molar-refractivity contribution in [3.05, 3.63) is 28.8 Å². The number of esters is 1. The van der Waals surface area contributed by atoms with Gasteiger partial charge in [0.05, 0.1) is 0 Å². The minimum Gasteiger partial charge on any atom is -0.424 e. The highest BCUT2D eigenvalue weighted by molar-refractivity contribution is 5.78. The van der Waals surface area contributed by atoms with Crippen molar-refractivity contribution in [1.82, 2.24) is 0 Å². The number of aryl methyl sites for hydroxylation is 2. The predicted molar refractivity (Wildman–Crippen MR) is 65.3 cm³/mol. The molecule has 0 aliphatic carbocycles. The van der Waals surface area contributed by atoms with Crippen LogP contribution in [-0.2, 0) is 9.53 Å². The molecule has 1 saturated heterocycles. The molecule has 0 radical (unpaired) electrons.